The Bertz CT molecular complexity index is 303. The van der Waals surface area contributed by atoms with Crippen molar-refractivity contribution < 1.29 is 5.11 Å². The Hall–Kier alpha value is -1.24. The number of aliphatic hydroxyl groups excluding tert-OH is 1. The van der Waals surface area contributed by atoms with E-state index in [4.69, 9.17) is 0 Å². The fourth-order valence-corrected chi connectivity index (χ4v) is 1.36. The minimum Gasteiger partial charge on any atom is -0.512 e. The molecule has 0 fully saturated rings. The molecule has 0 spiro atoms. The second-order valence-electron chi connectivity index (χ2n) is 3.29. The summed E-state index contributed by atoms with van der Waals surface area (Å²) in [5.41, 5.74) is 3.50. The largest absolute Gasteiger partial charge is 0.512 e. The van der Waals surface area contributed by atoms with Crippen LogP contribution in [-0.4, -0.2) is 5.11 Å². The van der Waals surface area contributed by atoms with E-state index in [9.17, 15) is 5.11 Å². The maximum Gasteiger partial charge on any atom is 0.0960 e. The lowest BCUT2D eigenvalue weighted by Gasteiger charge is -2.07. The number of hydrogen-bond donors (Lipinski definition) is 1. The minimum atomic E-state index is 0.415. The molecule has 0 saturated carbocycles. The fourth-order valence-electron chi connectivity index (χ4n) is 1.36. The Morgan fingerprint density at radius 2 is 2.23 bits per heavy atom. The van der Waals surface area contributed by atoms with Crippen molar-refractivity contribution in [3.8, 4) is 0 Å². The highest BCUT2D eigenvalue weighted by atomic mass is 16.3. The van der Waals surface area contributed by atoms with Crippen molar-refractivity contribution in [2.45, 2.75) is 26.7 Å². The van der Waals surface area contributed by atoms with Gasteiger partial charge in [-0.25, -0.2) is 0 Å². The summed E-state index contributed by atoms with van der Waals surface area (Å²) in [6.45, 7) is 8.14. The molecular formula is C12H16O. The molecule has 1 nitrogen and oxygen atoms in total. The first-order valence-corrected chi connectivity index (χ1v) is 4.60. The minimum absolute atomic E-state index is 0.415. The molecule has 0 heterocycles. The van der Waals surface area contributed by atoms with Gasteiger partial charge in [0.1, 0.15) is 0 Å². The van der Waals surface area contributed by atoms with E-state index in [2.05, 4.69) is 13.5 Å². The van der Waals surface area contributed by atoms with Gasteiger partial charge in [-0.05, 0) is 36.1 Å². The van der Waals surface area contributed by atoms with Crippen molar-refractivity contribution in [1.82, 2.24) is 0 Å². The highest BCUT2D eigenvalue weighted by Gasteiger charge is 2.05. The Morgan fingerprint density at radius 1 is 1.54 bits per heavy atom. The van der Waals surface area contributed by atoms with E-state index < -0.39 is 0 Å². The molecule has 0 amide bonds. The Morgan fingerprint density at radius 3 is 2.85 bits per heavy atom. The lowest BCUT2D eigenvalue weighted by Crippen LogP contribution is -1.88. The van der Waals surface area contributed by atoms with E-state index in [1.165, 1.54) is 11.1 Å². The zero-order valence-corrected chi connectivity index (χ0v) is 8.30. The van der Waals surface area contributed by atoms with E-state index >= 15 is 0 Å². The lowest BCUT2D eigenvalue weighted by molar-refractivity contribution is 0.401. The van der Waals surface area contributed by atoms with Gasteiger partial charge in [-0.1, -0.05) is 25.7 Å². The van der Waals surface area contributed by atoms with Gasteiger partial charge in [-0.3, -0.25) is 0 Å². The molecule has 70 valence electrons. The Kier molecular flexibility index (Phi) is 3.13. The van der Waals surface area contributed by atoms with Gasteiger partial charge in [0.05, 0.1) is 5.76 Å². The molecule has 0 radical (unpaired) electrons. The van der Waals surface area contributed by atoms with Gasteiger partial charge < -0.3 is 5.11 Å². The van der Waals surface area contributed by atoms with Crippen molar-refractivity contribution in [1.29, 1.82) is 0 Å². The quantitative estimate of drug-likeness (QED) is 0.680. The molecule has 0 aliphatic heterocycles. The molecule has 0 aromatic rings. The topological polar surface area (TPSA) is 20.2 Å². The third-order valence-corrected chi connectivity index (χ3v) is 2.27. The van der Waals surface area contributed by atoms with E-state index in [-0.39, 0.29) is 0 Å². The van der Waals surface area contributed by atoms with Crippen molar-refractivity contribution >= 4 is 0 Å². The second-order valence-corrected chi connectivity index (χ2v) is 3.29. The molecule has 0 aromatic heterocycles. The molecule has 0 bridgehead atoms. The third kappa shape index (κ3) is 2.35. The van der Waals surface area contributed by atoms with Crippen molar-refractivity contribution in [2.75, 3.05) is 0 Å². The highest BCUT2D eigenvalue weighted by molar-refractivity contribution is 5.47. The van der Waals surface area contributed by atoms with E-state index in [0.29, 0.717) is 12.2 Å². The van der Waals surface area contributed by atoms with Crippen LogP contribution in [0.25, 0.3) is 0 Å². The number of allylic oxidation sites excluding steroid dienone is 6. The van der Waals surface area contributed by atoms with Gasteiger partial charge in [0, 0.05) is 6.42 Å². The lowest BCUT2D eigenvalue weighted by atomic mass is 9.98. The van der Waals surface area contributed by atoms with E-state index in [1.54, 1.807) is 6.08 Å². The molecule has 1 heteroatoms. The number of rotatable bonds is 2. The Labute approximate surface area is 79.8 Å². The van der Waals surface area contributed by atoms with Crippen molar-refractivity contribution in [3.05, 3.63) is 47.3 Å². The normalized spacial score (nSPS) is 16.9. The van der Waals surface area contributed by atoms with Gasteiger partial charge in [0.25, 0.3) is 0 Å². The number of aliphatic hydroxyl groups is 1. The van der Waals surface area contributed by atoms with Crippen LogP contribution in [0.1, 0.15) is 26.7 Å². The summed E-state index contributed by atoms with van der Waals surface area (Å²) in [5.74, 6) is 0.415. The summed E-state index contributed by atoms with van der Waals surface area (Å²) < 4.78 is 0. The molecule has 1 rings (SSSR count). The van der Waals surface area contributed by atoms with Crippen LogP contribution in [0.2, 0.25) is 0 Å². The van der Waals surface area contributed by atoms with Crippen LogP contribution in [0, 0.1) is 0 Å². The smallest absolute Gasteiger partial charge is 0.0960 e. The van der Waals surface area contributed by atoms with Gasteiger partial charge in [-0.15, -0.1) is 0 Å². The van der Waals surface area contributed by atoms with Gasteiger partial charge in [0.15, 0.2) is 0 Å². The third-order valence-electron chi connectivity index (χ3n) is 2.27. The molecule has 0 unspecified atom stereocenters. The monoisotopic (exact) mass is 176 g/mol. The molecule has 13 heavy (non-hydrogen) atoms. The van der Waals surface area contributed by atoms with Crippen LogP contribution in [0.4, 0.5) is 0 Å². The maximum atomic E-state index is 9.32. The average molecular weight is 176 g/mol. The summed E-state index contributed by atoms with van der Waals surface area (Å²) in [4.78, 5) is 0. The Balaban J connectivity index is 2.94. The average Bonchev–Trinajstić information content (AvgIpc) is 2.28. The number of hydrogen-bond acceptors (Lipinski definition) is 1. The summed E-state index contributed by atoms with van der Waals surface area (Å²) in [5, 5.41) is 9.32. The first-order chi connectivity index (χ1) is 6.15. The summed E-state index contributed by atoms with van der Waals surface area (Å²) in [7, 11) is 0. The van der Waals surface area contributed by atoms with Crippen LogP contribution in [0.15, 0.2) is 47.3 Å². The van der Waals surface area contributed by atoms with Crippen LogP contribution in [0.3, 0.4) is 0 Å². The van der Waals surface area contributed by atoms with Gasteiger partial charge in [-0.2, -0.15) is 0 Å². The zero-order chi connectivity index (χ0) is 9.84. The van der Waals surface area contributed by atoms with Crippen LogP contribution >= 0.6 is 0 Å². The van der Waals surface area contributed by atoms with Crippen LogP contribution in [-0.2, 0) is 0 Å². The first kappa shape index (κ1) is 9.85. The summed E-state index contributed by atoms with van der Waals surface area (Å²) in [6, 6.07) is 0. The highest BCUT2D eigenvalue weighted by Crippen LogP contribution is 2.24. The molecule has 0 atom stereocenters. The molecule has 1 N–H and O–H groups in total. The predicted molar refractivity (Wildman–Crippen MR) is 56.6 cm³/mol. The summed E-state index contributed by atoms with van der Waals surface area (Å²) >= 11 is 0. The fraction of sp³-hybridized carbons (Fsp3) is 0.333. The molecule has 1 aliphatic rings. The van der Waals surface area contributed by atoms with E-state index in [0.717, 1.165) is 12.0 Å². The predicted octanol–water partition coefficient (Wildman–Crippen LogP) is 3.67. The molecule has 1 aliphatic carbocycles. The van der Waals surface area contributed by atoms with Crippen molar-refractivity contribution in [3.63, 3.8) is 0 Å². The second kappa shape index (κ2) is 4.13. The molecule has 0 saturated heterocycles. The van der Waals surface area contributed by atoms with Crippen LogP contribution in [0.5, 0.6) is 0 Å². The van der Waals surface area contributed by atoms with Crippen molar-refractivity contribution in [2.24, 2.45) is 0 Å². The maximum absolute atomic E-state index is 9.32. The van der Waals surface area contributed by atoms with E-state index in [1.807, 2.05) is 19.1 Å². The van der Waals surface area contributed by atoms with Gasteiger partial charge in [0.2, 0.25) is 0 Å². The van der Waals surface area contributed by atoms with Crippen LogP contribution < -0.4 is 0 Å². The molecule has 0 aromatic carbocycles. The standard InChI is InChI=1S/C12H16O/c1-4-9(2)12-8-7-11(13)6-5-10(12)3/h5-6,8,13H,2,4,7H2,1,3H3. The van der Waals surface area contributed by atoms with Gasteiger partial charge >= 0.3 is 0 Å². The summed E-state index contributed by atoms with van der Waals surface area (Å²) in [6.07, 6.45) is 7.30. The first-order valence-electron chi connectivity index (χ1n) is 4.60. The zero-order valence-electron chi connectivity index (χ0n) is 8.30. The SMILES string of the molecule is C=C(CC)C1=CCC(O)=CC=C1C. The molecular weight excluding hydrogens is 160 g/mol.